The quantitative estimate of drug-likeness (QED) is 0.850. The third-order valence-corrected chi connectivity index (χ3v) is 5.08. The Labute approximate surface area is 124 Å². The fourth-order valence-corrected chi connectivity index (χ4v) is 3.86. The Hall–Kier alpha value is -1.96. The van der Waals surface area contributed by atoms with Gasteiger partial charge in [-0.15, -0.1) is 5.10 Å². The largest absolute Gasteiger partial charge is 0.496 e. The van der Waals surface area contributed by atoms with E-state index < -0.39 is 10.8 Å². The number of ether oxygens (including phenoxy) is 1. The van der Waals surface area contributed by atoms with E-state index in [1.807, 2.05) is 12.1 Å². The van der Waals surface area contributed by atoms with Gasteiger partial charge in [-0.3, -0.25) is 4.21 Å². The van der Waals surface area contributed by atoms with E-state index in [0.717, 1.165) is 12.8 Å². The molecule has 0 spiro atoms. The molecule has 0 atom stereocenters. The molecule has 2 N–H and O–H groups in total. The van der Waals surface area contributed by atoms with Gasteiger partial charge in [0.15, 0.2) is 5.82 Å². The summed E-state index contributed by atoms with van der Waals surface area (Å²) in [5.41, 5.74) is 7.35. The van der Waals surface area contributed by atoms with Gasteiger partial charge in [0.1, 0.15) is 5.75 Å². The van der Waals surface area contributed by atoms with E-state index in [2.05, 4.69) is 15.5 Å². The van der Waals surface area contributed by atoms with Crippen LogP contribution in [-0.2, 0) is 10.8 Å². The van der Waals surface area contributed by atoms with Crippen molar-refractivity contribution in [2.45, 2.75) is 18.9 Å². The minimum Gasteiger partial charge on any atom is -0.496 e. The monoisotopic (exact) mass is 307 g/mol. The summed E-state index contributed by atoms with van der Waals surface area (Å²) in [4.78, 5) is 0. The lowest BCUT2D eigenvalue weighted by Crippen LogP contribution is -2.23. The minimum atomic E-state index is -0.715. The average Bonchev–Trinajstić information content (AvgIpc) is 2.96. The molecule has 3 rings (SSSR count). The fraction of sp³-hybridized carbons (Fsp3) is 0.462. The number of tetrazole rings is 1. The molecule has 0 amide bonds. The van der Waals surface area contributed by atoms with Gasteiger partial charge in [0.05, 0.1) is 18.7 Å². The molecular formula is C13H17N5O2S. The molecule has 0 saturated carbocycles. The molecule has 1 aliphatic heterocycles. The first-order valence-corrected chi connectivity index (χ1v) is 8.25. The number of rotatable bonds is 3. The summed E-state index contributed by atoms with van der Waals surface area (Å²) in [5, 5.41) is 12.0. The zero-order chi connectivity index (χ0) is 14.8. The Morgan fingerprint density at radius 1 is 1.38 bits per heavy atom. The predicted molar refractivity (Wildman–Crippen MR) is 80.4 cm³/mol. The second kappa shape index (κ2) is 5.80. The van der Waals surface area contributed by atoms with Crippen LogP contribution < -0.4 is 10.5 Å². The summed E-state index contributed by atoms with van der Waals surface area (Å²) < 4.78 is 18.7. The van der Waals surface area contributed by atoms with Crippen LogP contribution in [0.2, 0.25) is 0 Å². The molecule has 7 nitrogen and oxygen atoms in total. The molecule has 21 heavy (non-hydrogen) atoms. The standard InChI is InChI=1S/C13H17N5O2S/c1-20-11-4-2-3-10(14)12(11)13-15-16-17-18(13)9-5-7-21(19)8-6-9/h2-4,9H,5-8,14H2,1H3. The number of nitrogen functional groups attached to an aromatic ring is 1. The Bertz CT molecular complexity index is 662. The first-order chi connectivity index (χ1) is 10.2. The topological polar surface area (TPSA) is 95.9 Å². The fourth-order valence-electron chi connectivity index (χ4n) is 2.59. The maximum atomic E-state index is 11.5. The second-order valence-corrected chi connectivity index (χ2v) is 6.65. The summed E-state index contributed by atoms with van der Waals surface area (Å²) in [7, 11) is 0.878. The minimum absolute atomic E-state index is 0.150. The van der Waals surface area contributed by atoms with Gasteiger partial charge in [-0.25, -0.2) is 4.68 Å². The molecule has 0 aliphatic carbocycles. The molecule has 0 bridgehead atoms. The van der Waals surface area contributed by atoms with Crippen LogP contribution in [-0.4, -0.2) is 43.0 Å². The lowest BCUT2D eigenvalue weighted by molar-refractivity contribution is 0.407. The van der Waals surface area contributed by atoms with Crippen LogP contribution in [0.1, 0.15) is 18.9 Å². The maximum absolute atomic E-state index is 11.5. The highest BCUT2D eigenvalue weighted by Crippen LogP contribution is 2.35. The summed E-state index contributed by atoms with van der Waals surface area (Å²) in [6.45, 7) is 0. The molecular weight excluding hydrogens is 290 g/mol. The summed E-state index contributed by atoms with van der Waals surface area (Å²) >= 11 is 0. The van der Waals surface area contributed by atoms with Crippen LogP contribution in [0, 0.1) is 0 Å². The molecule has 1 aromatic carbocycles. The Morgan fingerprint density at radius 3 is 2.86 bits per heavy atom. The van der Waals surface area contributed by atoms with Crippen LogP contribution in [0.25, 0.3) is 11.4 Å². The van der Waals surface area contributed by atoms with Crippen molar-refractivity contribution in [1.82, 2.24) is 20.2 Å². The Balaban J connectivity index is 2.02. The van der Waals surface area contributed by atoms with Gasteiger partial charge in [0.25, 0.3) is 0 Å². The maximum Gasteiger partial charge on any atom is 0.188 e. The number of aromatic nitrogens is 4. The summed E-state index contributed by atoms with van der Waals surface area (Å²) in [6.07, 6.45) is 1.61. The molecule has 0 unspecified atom stereocenters. The van der Waals surface area contributed by atoms with Crippen LogP contribution in [0.5, 0.6) is 5.75 Å². The summed E-state index contributed by atoms with van der Waals surface area (Å²) in [6, 6.07) is 5.61. The van der Waals surface area contributed by atoms with Crippen molar-refractivity contribution in [3.63, 3.8) is 0 Å². The van der Waals surface area contributed by atoms with Crippen molar-refractivity contribution in [3.05, 3.63) is 18.2 Å². The third kappa shape index (κ3) is 2.63. The first-order valence-electron chi connectivity index (χ1n) is 6.76. The normalized spacial score (nSPS) is 22.1. The molecule has 0 radical (unpaired) electrons. The third-order valence-electron chi connectivity index (χ3n) is 3.70. The molecule has 112 valence electrons. The number of anilines is 1. The van der Waals surface area contributed by atoms with E-state index in [-0.39, 0.29) is 6.04 Å². The van der Waals surface area contributed by atoms with E-state index in [4.69, 9.17) is 10.5 Å². The zero-order valence-electron chi connectivity index (χ0n) is 11.7. The van der Waals surface area contributed by atoms with Crippen molar-refractivity contribution in [2.75, 3.05) is 24.3 Å². The van der Waals surface area contributed by atoms with Gasteiger partial charge < -0.3 is 10.5 Å². The molecule has 1 saturated heterocycles. The zero-order valence-corrected chi connectivity index (χ0v) is 12.5. The molecule has 1 aliphatic rings. The highest BCUT2D eigenvalue weighted by molar-refractivity contribution is 7.85. The Morgan fingerprint density at radius 2 is 2.14 bits per heavy atom. The van der Waals surface area contributed by atoms with Gasteiger partial charge in [0, 0.05) is 28.0 Å². The van der Waals surface area contributed by atoms with Gasteiger partial charge in [0.2, 0.25) is 0 Å². The van der Waals surface area contributed by atoms with Crippen LogP contribution in [0.4, 0.5) is 5.69 Å². The van der Waals surface area contributed by atoms with Gasteiger partial charge >= 0.3 is 0 Å². The van der Waals surface area contributed by atoms with Crippen LogP contribution in [0.3, 0.4) is 0 Å². The van der Waals surface area contributed by atoms with E-state index in [9.17, 15) is 4.21 Å². The van der Waals surface area contributed by atoms with Crippen molar-refractivity contribution < 1.29 is 8.95 Å². The predicted octanol–water partition coefficient (Wildman–Crippen LogP) is 1.01. The molecule has 1 aromatic heterocycles. The number of hydrogen-bond acceptors (Lipinski definition) is 6. The lowest BCUT2D eigenvalue weighted by Gasteiger charge is -2.22. The number of nitrogens with zero attached hydrogens (tertiary/aromatic N) is 4. The van der Waals surface area contributed by atoms with Crippen molar-refractivity contribution in [3.8, 4) is 17.1 Å². The lowest BCUT2D eigenvalue weighted by atomic mass is 10.1. The van der Waals surface area contributed by atoms with E-state index in [1.165, 1.54) is 0 Å². The van der Waals surface area contributed by atoms with E-state index >= 15 is 0 Å². The molecule has 2 heterocycles. The van der Waals surface area contributed by atoms with Crippen molar-refractivity contribution >= 4 is 16.5 Å². The highest BCUT2D eigenvalue weighted by Gasteiger charge is 2.25. The average molecular weight is 307 g/mol. The smallest absolute Gasteiger partial charge is 0.188 e. The number of benzene rings is 1. The van der Waals surface area contributed by atoms with Gasteiger partial charge in [-0.2, -0.15) is 0 Å². The highest BCUT2D eigenvalue weighted by atomic mass is 32.2. The van der Waals surface area contributed by atoms with Crippen molar-refractivity contribution in [2.24, 2.45) is 0 Å². The first kappa shape index (κ1) is 14.0. The van der Waals surface area contributed by atoms with Crippen LogP contribution >= 0.6 is 0 Å². The number of nitrogens with two attached hydrogens (primary N) is 1. The number of hydrogen-bond donors (Lipinski definition) is 1. The van der Waals surface area contributed by atoms with Crippen LogP contribution in [0.15, 0.2) is 18.2 Å². The Kier molecular flexibility index (Phi) is 3.87. The van der Waals surface area contributed by atoms with Gasteiger partial charge in [-0.05, 0) is 35.4 Å². The molecule has 2 aromatic rings. The van der Waals surface area contributed by atoms with Crippen molar-refractivity contribution in [1.29, 1.82) is 0 Å². The SMILES string of the molecule is COc1cccc(N)c1-c1nnnn1C1CCS(=O)CC1. The van der Waals surface area contributed by atoms with E-state index in [1.54, 1.807) is 17.9 Å². The second-order valence-electron chi connectivity index (χ2n) is 4.95. The van der Waals surface area contributed by atoms with E-state index in [0.29, 0.717) is 34.3 Å². The number of methoxy groups -OCH3 is 1. The molecule has 8 heteroatoms. The molecule has 1 fully saturated rings. The van der Waals surface area contributed by atoms with Gasteiger partial charge in [-0.1, -0.05) is 6.07 Å². The summed E-state index contributed by atoms with van der Waals surface area (Å²) in [5.74, 6) is 2.62.